The van der Waals surface area contributed by atoms with Crippen molar-refractivity contribution >= 4 is 17.5 Å². The summed E-state index contributed by atoms with van der Waals surface area (Å²) in [6, 6.07) is 10.8. The minimum atomic E-state index is -0.445. The Morgan fingerprint density at radius 1 is 1.29 bits per heavy atom. The van der Waals surface area contributed by atoms with Gasteiger partial charge in [-0.25, -0.2) is 0 Å². The van der Waals surface area contributed by atoms with E-state index in [1.165, 1.54) is 0 Å². The predicted molar refractivity (Wildman–Crippen MR) is 67.0 cm³/mol. The van der Waals surface area contributed by atoms with Gasteiger partial charge in [0.2, 0.25) is 5.91 Å². The molecule has 0 aliphatic heterocycles. The number of rotatable bonds is 3. The third-order valence-electron chi connectivity index (χ3n) is 2.38. The van der Waals surface area contributed by atoms with E-state index in [1.807, 2.05) is 24.3 Å². The lowest BCUT2D eigenvalue weighted by molar-refractivity contribution is 0.1000. The summed E-state index contributed by atoms with van der Waals surface area (Å²) in [6.07, 6.45) is 2.21. The van der Waals surface area contributed by atoms with E-state index in [9.17, 15) is 4.79 Å². The van der Waals surface area contributed by atoms with E-state index < -0.39 is 5.91 Å². The van der Waals surface area contributed by atoms with Crippen molar-refractivity contribution in [1.29, 1.82) is 0 Å². The van der Waals surface area contributed by atoms with Crippen molar-refractivity contribution in [3.63, 3.8) is 0 Å². The van der Waals surface area contributed by atoms with Gasteiger partial charge in [-0.05, 0) is 29.8 Å². The van der Waals surface area contributed by atoms with Gasteiger partial charge in [0.15, 0.2) is 0 Å². The van der Waals surface area contributed by atoms with E-state index in [0.29, 0.717) is 17.0 Å². The van der Waals surface area contributed by atoms with E-state index in [0.717, 1.165) is 11.3 Å². The quantitative estimate of drug-likeness (QED) is 0.904. The fourth-order valence-corrected chi connectivity index (χ4v) is 1.80. The average Bonchev–Trinajstić information content (AvgIpc) is 2.29. The summed E-state index contributed by atoms with van der Waals surface area (Å²) in [5.74, 6) is -0.445. The van der Waals surface area contributed by atoms with E-state index in [4.69, 9.17) is 17.3 Å². The van der Waals surface area contributed by atoms with Gasteiger partial charge in [-0.3, -0.25) is 9.78 Å². The van der Waals surface area contributed by atoms with Crippen LogP contribution in [-0.2, 0) is 6.42 Å². The van der Waals surface area contributed by atoms with Crippen LogP contribution in [0.15, 0.2) is 42.6 Å². The molecule has 0 radical (unpaired) electrons. The second kappa shape index (κ2) is 4.97. The Kier molecular flexibility index (Phi) is 3.40. The maximum Gasteiger partial charge on any atom is 0.248 e. The molecule has 2 rings (SSSR count). The van der Waals surface area contributed by atoms with Crippen LogP contribution in [0.1, 0.15) is 21.6 Å². The highest BCUT2D eigenvalue weighted by Crippen LogP contribution is 2.14. The number of nitrogens with two attached hydrogens (primary N) is 1. The van der Waals surface area contributed by atoms with Crippen LogP contribution in [0, 0.1) is 0 Å². The Bertz CT molecular complexity index is 555. The zero-order valence-electron chi connectivity index (χ0n) is 9.06. The summed E-state index contributed by atoms with van der Waals surface area (Å²) < 4.78 is 0. The summed E-state index contributed by atoms with van der Waals surface area (Å²) in [7, 11) is 0. The first-order chi connectivity index (χ1) is 8.15. The van der Waals surface area contributed by atoms with Crippen molar-refractivity contribution < 1.29 is 4.79 Å². The fraction of sp³-hybridized carbons (Fsp3) is 0.0769. The number of amides is 1. The van der Waals surface area contributed by atoms with Gasteiger partial charge < -0.3 is 5.73 Å². The number of nitrogens with zero attached hydrogens (tertiary/aromatic N) is 1. The molecule has 0 aliphatic carbocycles. The first-order valence-corrected chi connectivity index (χ1v) is 5.52. The minimum Gasteiger partial charge on any atom is -0.366 e. The summed E-state index contributed by atoms with van der Waals surface area (Å²) in [5.41, 5.74) is 7.52. The van der Waals surface area contributed by atoms with Crippen LogP contribution in [0.25, 0.3) is 0 Å². The molecule has 0 fully saturated rings. The van der Waals surface area contributed by atoms with Gasteiger partial charge in [-0.15, -0.1) is 0 Å². The second-order valence-corrected chi connectivity index (χ2v) is 4.14. The summed E-state index contributed by atoms with van der Waals surface area (Å²) in [5, 5.41) is 0.688. The van der Waals surface area contributed by atoms with Gasteiger partial charge in [-0.1, -0.05) is 23.7 Å². The van der Waals surface area contributed by atoms with Crippen LogP contribution >= 0.6 is 11.6 Å². The van der Waals surface area contributed by atoms with Crippen LogP contribution in [-0.4, -0.2) is 10.9 Å². The molecular weight excluding hydrogens is 236 g/mol. The molecule has 3 nitrogen and oxygen atoms in total. The van der Waals surface area contributed by atoms with E-state index in [2.05, 4.69) is 4.98 Å². The third kappa shape index (κ3) is 3.04. The van der Waals surface area contributed by atoms with Gasteiger partial charge >= 0.3 is 0 Å². The maximum atomic E-state index is 11.0. The Morgan fingerprint density at radius 2 is 2.12 bits per heavy atom. The second-order valence-electron chi connectivity index (χ2n) is 3.71. The molecule has 0 aliphatic rings. The minimum absolute atomic E-state index is 0.445. The molecule has 0 spiro atoms. The third-order valence-corrected chi connectivity index (χ3v) is 2.61. The van der Waals surface area contributed by atoms with Crippen LogP contribution in [0.5, 0.6) is 0 Å². The highest BCUT2D eigenvalue weighted by atomic mass is 35.5. The van der Waals surface area contributed by atoms with E-state index in [-0.39, 0.29) is 0 Å². The highest BCUT2D eigenvalue weighted by Gasteiger charge is 2.03. The van der Waals surface area contributed by atoms with Gasteiger partial charge in [-0.2, -0.15) is 0 Å². The lowest BCUT2D eigenvalue weighted by Crippen LogP contribution is -2.11. The van der Waals surface area contributed by atoms with Crippen LogP contribution < -0.4 is 5.73 Å². The Hall–Kier alpha value is -1.87. The SMILES string of the molecule is NC(=O)c1ccnc(Cc2cccc(Cl)c2)c1. The van der Waals surface area contributed by atoms with Gasteiger partial charge in [0, 0.05) is 28.9 Å². The Labute approximate surface area is 104 Å². The molecular formula is C13H11ClN2O. The molecule has 0 atom stereocenters. The van der Waals surface area contributed by atoms with Gasteiger partial charge in [0.25, 0.3) is 0 Å². The van der Waals surface area contributed by atoms with Crippen molar-refractivity contribution in [2.45, 2.75) is 6.42 Å². The highest BCUT2D eigenvalue weighted by molar-refractivity contribution is 6.30. The molecule has 17 heavy (non-hydrogen) atoms. The number of carbonyl (C=O) groups excluding carboxylic acids is 1. The van der Waals surface area contributed by atoms with Crippen LogP contribution in [0.3, 0.4) is 0 Å². The molecule has 86 valence electrons. The standard InChI is InChI=1S/C13H11ClN2O/c14-11-3-1-2-9(6-11)7-12-8-10(13(15)17)4-5-16-12/h1-6,8H,7H2,(H2,15,17). The molecule has 0 unspecified atom stereocenters. The van der Waals surface area contributed by atoms with E-state index >= 15 is 0 Å². The normalized spacial score (nSPS) is 10.2. The predicted octanol–water partition coefficient (Wildman–Crippen LogP) is 2.42. The van der Waals surface area contributed by atoms with Crippen molar-refractivity contribution in [2.24, 2.45) is 5.73 Å². The average molecular weight is 247 g/mol. The molecule has 1 aromatic carbocycles. The van der Waals surface area contributed by atoms with Gasteiger partial charge in [0.05, 0.1) is 0 Å². The number of carbonyl (C=O) groups is 1. The van der Waals surface area contributed by atoms with Crippen molar-refractivity contribution in [3.8, 4) is 0 Å². The first kappa shape index (κ1) is 11.6. The van der Waals surface area contributed by atoms with Crippen molar-refractivity contribution in [1.82, 2.24) is 4.98 Å². The summed E-state index contributed by atoms with van der Waals surface area (Å²) in [4.78, 5) is 15.2. The molecule has 2 N–H and O–H groups in total. The number of hydrogen-bond acceptors (Lipinski definition) is 2. The zero-order valence-corrected chi connectivity index (χ0v) is 9.82. The largest absolute Gasteiger partial charge is 0.366 e. The smallest absolute Gasteiger partial charge is 0.248 e. The van der Waals surface area contributed by atoms with Crippen LogP contribution in [0.4, 0.5) is 0 Å². The Morgan fingerprint density at radius 3 is 2.82 bits per heavy atom. The maximum absolute atomic E-state index is 11.0. The number of hydrogen-bond donors (Lipinski definition) is 1. The lowest BCUT2D eigenvalue weighted by Gasteiger charge is -2.03. The summed E-state index contributed by atoms with van der Waals surface area (Å²) in [6.45, 7) is 0. The molecule has 0 bridgehead atoms. The molecule has 1 heterocycles. The molecule has 0 saturated heterocycles. The molecule has 4 heteroatoms. The molecule has 1 amide bonds. The molecule has 2 aromatic rings. The van der Waals surface area contributed by atoms with Crippen molar-refractivity contribution in [2.75, 3.05) is 0 Å². The Balaban J connectivity index is 2.24. The molecule has 1 aromatic heterocycles. The van der Waals surface area contributed by atoms with Gasteiger partial charge in [0.1, 0.15) is 0 Å². The van der Waals surface area contributed by atoms with Crippen molar-refractivity contribution in [3.05, 3.63) is 64.4 Å². The zero-order chi connectivity index (χ0) is 12.3. The number of primary amides is 1. The number of aromatic nitrogens is 1. The number of halogens is 1. The van der Waals surface area contributed by atoms with E-state index in [1.54, 1.807) is 18.3 Å². The van der Waals surface area contributed by atoms with Crippen LogP contribution in [0.2, 0.25) is 5.02 Å². The number of pyridine rings is 1. The monoisotopic (exact) mass is 246 g/mol. The molecule has 0 saturated carbocycles. The lowest BCUT2D eigenvalue weighted by atomic mass is 10.1. The number of benzene rings is 1. The summed E-state index contributed by atoms with van der Waals surface area (Å²) >= 11 is 5.90. The topological polar surface area (TPSA) is 56.0 Å². The fourth-order valence-electron chi connectivity index (χ4n) is 1.58. The first-order valence-electron chi connectivity index (χ1n) is 5.14.